The van der Waals surface area contributed by atoms with Gasteiger partial charge in [0.05, 0.1) is 12.7 Å². The largest absolute Gasteiger partial charge is 0.450 e. The minimum atomic E-state index is -0.171. The number of amides is 1. The van der Waals surface area contributed by atoms with Crippen molar-refractivity contribution in [2.75, 3.05) is 32.8 Å². The maximum Gasteiger partial charge on any atom is 0.409 e. The number of carbonyl (C=O) groups is 1. The van der Waals surface area contributed by atoms with E-state index in [2.05, 4.69) is 5.32 Å². The van der Waals surface area contributed by atoms with Crippen LogP contribution in [0.25, 0.3) is 0 Å². The van der Waals surface area contributed by atoms with Crippen LogP contribution in [-0.4, -0.2) is 56.0 Å². The predicted octanol–water partition coefficient (Wildman–Crippen LogP) is 1.38. The summed E-state index contributed by atoms with van der Waals surface area (Å²) in [6.45, 7) is 5.74. The number of piperidine rings is 1. The molecule has 0 aliphatic carbocycles. The molecule has 2 aliphatic heterocycles. The number of nitrogens with one attached hydrogen (secondary N) is 1. The Kier molecular flexibility index (Phi) is 5.26. The molecule has 1 N–H and O–H groups in total. The molecule has 1 atom stereocenters. The van der Waals surface area contributed by atoms with Gasteiger partial charge in [0.1, 0.15) is 0 Å². The Morgan fingerprint density at radius 1 is 1.39 bits per heavy atom. The third kappa shape index (κ3) is 3.85. The van der Waals surface area contributed by atoms with Crippen LogP contribution in [-0.2, 0) is 9.47 Å². The Morgan fingerprint density at radius 3 is 2.78 bits per heavy atom. The highest BCUT2D eigenvalue weighted by Gasteiger charge is 2.24. The van der Waals surface area contributed by atoms with Crippen LogP contribution < -0.4 is 5.32 Å². The number of nitrogens with zero attached hydrogens (tertiary/aromatic N) is 1. The van der Waals surface area contributed by atoms with Crippen molar-refractivity contribution in [2.45, 2.75) is 44.8 Å². The highest BCUT2D eigenvalue weighted by molar-refractivity contribution is 5.67. The molecule has 0 saturated carbocycles. The number of rotatable bonds is 4. The van der Waals surface area contributed by atoms with Crippen LogP contribution in [0.4, 0.5) is 4.79 Å². The Hall–Kier alpha value is -0.810. The smallest absolute Gasteiger partial charge is 0.409 e. The average Bonchev–Trinajstić information content (AvgIpc) is 2.90. The first-order valence-corrected chi connectivity index (χ1v) is 7.06. The molecule has 1 amide bonds. The molecule has 104 valence electrons. The van der Waals surface area contributed by atoms with Crippen LogP contribution in [0.2, 0.25) is 0 Å². The molecule has 2 aliphatic rings. The second-order valence-corrected chi connectivity index (χ2v) is 5.00. The van der Waals surface area contributed by atoms with Crippen molar-refractivity contribution in [3.05, 3.63) is 0 Å². The Morgan fingerprint density at radius 2 is 2.17 bits per heavy atom. The fourth-order valence-electron chi connectivity index (χ4n) is 2.58. The number of likely N-dealkylation sites (tertiary alicyclic amines) is 1. The maximum absolute atomic E-state index is 11.5. The molecule has 1 unspecified atom stereocenters. The minimum Gasteiger partial charge on any atom is -0.450 e. The van der Waals surface area contributed by atoms with Crippen LogP contribution >= 0.6 is 0 Å². The van der Waals surface area contributed by atoms with Crippen molar-refractivity contribution in [1.82, 2.24) is 10.2 Å². The Bertz CT molecular complexity index is 259. The number of ether oxygens (including phenoxy) is 2. The van der Waals surface area contributed by atoms with Crippen LogP contribution in [0.1, 0.15) is 32.6 Å². The third-order valence-electron chi connectivity index (χ3n) is 3.68. The lowest BCUT2D eigenvalue weighted by atomic mass is 10.1. The van der Waals surface area contributed by atoms with Gasteiger partial charge in [-0.05, 0) is 32.6 Å². The first-order valence-electron chi connectivity index (χ1n) is 7.06. The van der Waals surface area contributed by atoms with Crippen molar-refractivity contribution in [2.24, 2.45) is 0 Å². The molecule has 5 nitrogen and oxygen atoms in total. The molecule has 0 aromatic carbocycles. The highest BCUT2D eigenvalue weighted by atomic mass is 16.6. The van der Waals surface area contributed by atoms with E-state index < -0.39 is 0 Å². The molecule has 0 spiro atoms. The first-order chi connectivity index (χ1) is 8.79. The first kappa shape index (κ1) is 13.6. The van der Waals surface area contributed by atoms with Gasteiger partial charge in [0.25, 0.3) is 0 Å². The average molecular weight is 256 g/mol. The Balaban J connectivity index is 1.62. The number of hydrogen-bond acceptors (Lipinski definition) is 4. The van der Waals surface area contributed by atoms with Crippen molar-refractivity contribution >= 4 is 6.09 Å². The molecule has 2 rings (SSSR count). The van der Waals surface area contributed by atoms with Crippen LogP contribution in [0.15, 0.2) is 0 Å². The summed E-state index contributed by atoms with van der Waals surface area (Å²) in [5.74, 6) is 0. The standard InChI is InChI=1S/C13H24N2O3/c1-2-17-13(16)15-7-5-11(6-8-15)14-10-12-4-3-9-18-12/h11-12,14H,2-10H2,1H3. The molecular formula is C13H24N2O3. The van der Waals surface area contributed by atoms with E-state index in [1.165, 1.54) is 12.8 Å². The lowest BCUT2D eigenvalue weighted by molar-refractivity contribution is 0.0875. The molecule has 2 fully saturated rings. The number of hydrogen-bond donors (Lipinski definition) is 1. The fraction of sp³-hybridized carbons (Fsp3) is 0.923. The summed E-state index contributed by atoms with van der Waals surface area (Å²) in [7, 11) is 0. The van der Waals surface area contributed by atoms with Crippen molar-refractivity contribution in [3.8, 4) is 0 Å². The van der Waals surface area contributed by atoms with Gasteiger partial charge in [0.2, 0.25) is 0 Å². The third-order valence-corrected chi connectivity index (χ3v) is 3.68. The zero-order chi connectivity index (χ0) is 12.8. The van der Waals surface area contributed by atoms with Crippen molar-refractivity contribution in [1.29, 1.82) is 0 Å². The van der Waals surface area contributed by atoms with E-state index in [1.807, 2.05) is 6.92 Å². The van der Waals surface area contributed by atoms with Crippen LogP contribution in [0, 0.1) is 0 Å². The lowest BCUT2D eigenvalue weighted by Gasteiger charge is -2.32. The maximum atomic E-state index is 11.5. The molecule has 18 heavy (non-hydrogen) atoms. The van der Waals surface area contributed by atoms with E-state index >= 15 is 0 Å². The van der Waals surface area contributed by atoms with E-state index in [1.54, 1.807) is 4.90 Å². The molecule has 0 aromatic heterocycles. The van der Waals surface area contributed by atoms with Crippen molar-refractivity contribution in [3.63, 3.8) is 0 Å². The summed E-state index contributed by atoms with van der Waals surface area (Å²) in [6, 6.07) is 0.514. The van der Waals surface area contributed by atoms with Gasteiger partial charge in [0.15, 0.2) is 0 Å². The summed E-state index contributed by atoms with van der Waals surface area (Å²) >= 11 is 0. The van der Waals surface area contributed by atoms with Gasteiger partial charge in [-0.25, -0.2) is 4.79 Å². The van der Waals surface area contributed by atoms with Crippen LogP contribution in [0.5, 0.6) is 0 Å². The van der Waals surface area contributed by atoms with E-state index in [4.69, 9.17) is 9.47 Å². The Labute approximate surface area is 109 Å². The SMILES string of the molecule is CCOC(=O)N1CCC(NCC2CCCO2)CC1. The second kappa shape index (κ2) is 6.95. The van der Waals surface area contributed by atoms with E-state index in [-0.39, 0.29) is 6.09 Å². The zero-order valence-corrected chi connectivity index (χ0v) is 11.2. The van der Waals surface area contributed by atoms with Gasteiger partial charge in [-0.1, -0.05) is 0 Å². The van der Waals surface area contributed by atoms with E-state index in [9.17, 15) is 4.79 Å². The molecule has 0 aromatic rings. The normalized spacial score (nSPS) is 25.4. The van der Waals surface area contributed by atoms with Gasteiger partial charge >= 0.3 is 6.09 Å². The monoisotopic (exact) mass is 256 g/mol. The topological polar surface area (TPSA) is 50.8 Å². The minimum absolute atomic E-state index is 0.171. The predicted molar refractivity (Wildman–Crippen MR) is 68.6 cm³/mol. The van der Waals surface area contributed by atoms with Gasteiger partial charge in [-0.2, -0.15) is 0 Å². The summed E-state index contributed by atoms with van der Waals surface area (Å²) in [5.41, 5.74) is 0. The molecule has 5 heteroatoms. The van der Waals surface area contributed by atoms with Crippen molar-refractivity contribution < 1.29 is 14.3 Å². The molecule has 2 heterocycles. The fourth-order valence-corrected chi connectivity index (χ4v) is 2.58. The second-order valence-electron chi connectivity index (χ2n) is 5.00. The van der Waals surface area contributed by atoms with Gasteiger partial charge < -0.3 is 19.7 Å². The van der Waals surface area contributed by atoms with Gasteiger partial charge in [-0.3, -0.25) is 0 Å². The summed E-state index contributed by atoms with van der Waals surface area (Å²) in [6.07, 6.45) is 4.60. The molecule has 0 radical (unpaired) electrons. The summed E-state index contributed by atoms with van der Waals surface area (Å²) < 4.78 is 10.6. The molecular weight excluding hydrogens is 232 g/mol. The summed E-state index contributed by atoms with van der Waals surface area (Å²) in [4.78, 5) is 13.3. The quantitative estimate of drug-likeness (QED) is 0.825. The zero-order valence-electron chi connectivity index (χ0n) is 11.2. The lowest BCUT2D eigenvalue weighted by Crippen LogP contribution is -2.46. The highest BCUT2D eigenvalue weighted by Crippen LogP contribution is 2.14. The molecule has 2 saturated heterocycles. The summed E-state index contributed by atoms with van der Waals surface area (Å²) in [5, 5.41) is 3.55. The van der Waals surface area contributed by atoms with E-state index in [0.717, 1.165) is 39.1 Å². The van der Waals surface area contributed by atoms with E-state index in [0.29, 0.717) is 18.8 Å². The van der Waals surface area contributed by atoms with Crippen LogP contribution in [0.3, 0.4) is 0 Å². The number of carbonyl (C=O) groups excluding carboxylic acids is 1. The van der Waals surface area contributed by atoms with Gasteiger partial charge in [-0.15, -0.1) is 0 Å². The van der Waals surface area contributed by atoms with Gasteiger partial charge in [0, 0.05) is 32.3 Å². The molecule has 0 bridgehead atoms.